The lowest BCUT2D eigenvalue weighted by Crippen LogP contribution is -2.16. The molecule has 2 rings (SSSR count). The number of nitrogens with zero attached hydrogens (tertiary/aromatic N) is 2. The summed E-state index contributed by atoms with van der Waals surface area (Å²) in [4.78, 5) is 4.36. The molecule has 0 atom stereocenters. The molecule has 0 saturated heterocycles. The maximum absolute atomic E-state index is 4.36. The number of hydrogen-bond donors (Lipinski definition) is 1. The minimum Gasteiger partial charge on any atom is -0.334 e. The fraction of sp³-hybridized carbons (Fsp3) is 0.438. The van der Waals surface area contributed by atoms with E-state index < -0.39 is 0 Å². The van der Waals surface area contributed by atoms with Gasteiger partial charge in [-0.2, -0.15) is 0 Å². The highest BCUT2D eigenvalue weighted by atomic mass is 15.1. The van der Waals surface area contributed by atoms with Crippen LogP contribution in [-0.4, -0.2) is 9.55 Å². The zero-order valence-corrected chi connectivity index (χ0v) is 12.1. The Balaban J connectivity index is 1.85. The summed E-state index contributed by atoms with van der Waals surface area (Å²) in [5.74, 6) is 1.69. The molecule has 0 aliphatic rings. The highest BCUT2D eigenvalue weighted by molar-refractivity contribution is 5.24. The van der Waals surface area contributed by atoms with Crippen molar-refractivity contribution in [1.29, 1.82) is 0 Å². The molecule has 3 nitrogen and oxygen atoms in total. The molecule has 2 aromatic rings. The van der Waals surface area contributed by atoms with Gasteiger partial charge in [-0.15, -0.1) is 0 Å². The zero-order chi connectivity index (χ0) is 13.7. The summed E-state index contributed by atoms with van der Waals surface area (Å²) >= 11 is 0. The van der Waals surface area contributed by atoms with Crippen molar-refractivity contribution in [2.75, 3.05) is 0 Å². The first-order valence-corrected chi connectivity index (χ1v) is 7.00. The number of aryl methyl sites for hydroxylation is 1. The third-order valence-corrected chi connectivity index (χ3v) is 3.40. The highest BCUT2D eigenvalue weighted by Gasteiger charge is 2.01. The van der Waals surface area contributed by atoms with E-state index in [1.54, 1.807) is 0 Å². The van der Waals surface area contributed by atoms with E-state index in [0.717, 1.165) is 25.5 Å². The maximum atomic E-state index is 4.36. The Morgan fingerprint density at radius 3 is 2.53 bits per heavy atom. The molecule has 0 radical (unpaired) electrons. The van der Waals surface area contributed by atoms with Crippen LogP contribution in [0.4, 0.5) is 0 Å². The number of aromatic nitrogens is 2. The molecule has 1 heterocycles. The average Bonchev–Trinajstić information content (AvgIpc) is 2.87. The Labute approximate surface area is 115 Å². The van der Waals surface area contributed by atoms with Gasteiger partial charge in [0, 0.05) is 25.5 Å². The Morgan fingerprint density at radius 1 is 1.16 bits per heavy atom. The Hall–Kier alpha value is -1.61. The maximum Gasteiger partial charge on any atom is 0.122 e. The first-order valence-electron chi connectivity index (χ1n) is 7.00. The van der Waals surface area contributed by atoms with Gasteiger partial charge in [0.1, 0.15) is 5.82 Å². The van der Waals surface area contributed by atoms with E-state index in [1.165, 1.54) is 11.1 Å². The molecular formula is C16H23N3. The molecule has 0 aliphatic heterocycles. The minimum atomic E-state index is 0.596. The van der Waals surface area contributed by atoms with Crippen LogP contribution in [0.1, 0.15) is 43.6 Å². The van der Waals surface area contributed by atoms with Gasteiger partial charge >= 0.3 is 0 Å². The van der Waals surface area contributed by atoms with Crippen LogP contribution in [0.15, 0.2) is 36.7 Å². The van der Waals surface area contributed by atoms with Crippen molar-refractivity contribution in [3.05, 3.63) is 53.6 Å². The van der Waals surface area contributed by atoms with Gasteiger partial charge in [0.15, 0.2) is 0 Å². The van der Waals surface area contributed by atoms with Crippen LogP contribution in [0.5, 0.6) is 0 Å². The number of hydrogen-bond acceptors (Lipinski definition) is 2. The Bertz CT molecular complexity index is 497. The number of nitrogens with one attached hydrogen (secondary N) is 1. The van der Waals surface area contributed by atoms with E-state index >= 15 is 0 Å². The summed E-state index contributed by atoms with van der Waals surface area (Å²) in [6.45, 7) is 9.24. The number of benzene rings is 1. The molecule has 3 heteroatoms. The summed E-state index contributed by atoms with van der Waals surface area (Å²) in [5, 5.41) is 3.44. The molecule has 0 unspecified atom stereocenters. The normalized spacial score (nSPS) is 11.2. The monoisotopic (exact) mass is 257 g/mol. The van der Waals surface area contributed by atoms with Crippen molar-refractivity contribution in [1.82, 2.24) is 14.9 Å². The molecule has 0 bridgehead atoms. The molecule has 1 aromatic carbocycles. The Morgan fingerprint density at radius 2 is 1.89 bits per heavy atom. The topological polar surface area (TPSA) is 29.9 Å². The van der Waals surface area contributed by atoms with Crippen LogP contribution in [0.25, 0.3) is 0 Å². The van der Waals surface area contributed by atoms with Gasteiger partial charge in [-0.05, 0) is 24.0 Å². The second-order valence-corrected chi connectivity index (χ2v) is 5.13. The fourth-order valence-electron chi connectivity index (χ4n) is 2.13. The fourth-order valence-corrected chi connectivity index (χ4v) is 2.13. The SMILES string of the molecule is CCn1ccnc1CNCc1ccc(C(C)C)cc1. The standard InChI is InChI=1S/C16H23N3/c1-4-19-10-9-18-16(19)12-17-11-14-5-7-15(8-6-14)13(2)3/h5-10,13,17H,4,11-12H2,1-3H3. The third kappa shape index (κ3) is 3.67. The van der Waals surface area contributed by atoms with Crippen molar-refractivity contribution < 1.29 is 0 Å². The molecular weight excluding hydrogens is 234 g/mol. The van der Waals surface area contributed by atoms with Crippen molar-refractivity contribution in [3.63, 3.8) is 0 Å². The van der Waals surface area contributed by atoms with Gasteiger partial charge in [0.25, 0.3) is 0 Å². The zero-order valence-electron chi connectivity index (χ0n) is 12.1. The van der Waals surface area contributed by atoms with Crippen LogP contribution in [0.3, 0.4) is 0 Å². The second-order valence-electron chi connectivity index (χ2n) is 5.13. The number of imidazole rings is 1. The van der Waals surface area contributed by atoms with Gasteiger partial charge in [0.2, 0.25) is 0 Å². The molecule has 0 saturated carbocycles. The van der Waals surface area contributed by atoms with Gasteiger partial charge in [-0.25, -0.2) is 4.98 Å². The third-order valence-electron chi connectivity index (χ3n) is 3.40. The molecule has 102 valence electrons. The van der Waals surface area contributed by atoms with E-state index in [9.17, 15) is 0 Å². The van der Waals surface area contributed by atoms with Gasteiger partial charge in [0.05, 0.1) is 6.54 Å². The van der Waals surface area contributed by atoms with Gasteiger partial charge in [-0.3, -0.25) is 0 Å². The minimum absolute atomic E-state index is 0.596. The van der Waals surface area contributed by atoms with Crippen molar-refractivity contribution >= 4 is 0 Å². The molecule has 0 fully saturated rings. The van der Waals surface area contributed by atoms with E-state index in [-0.39, 0.29) is 0 Å². The largest absolute Gasteiger partial charge is 0.334 e. The average molecular weight is 257 g/mol. The summed E-state index contributed by atoms with van der Waals surface area (Å²) in [6.07, 6.45) is 3.88. The summed E-state index contributed by atoms with van der Waals surface area (Å²) in [7, 11) is 0. The number of rotatable bonds is 6. The van der Waals surface area contributed by atoms with Crippen LogP contribution in [-0.2, 0) is 19.6 Å². The van der Waals surface area contributed by atoms with Crippen LogP contribution in [0.2, 0.25) is 0 Å². The Kier molecular flexibility index (Phi) is 4.74. The van der Waals surface area contributed by atoms with E-state index in [4.69, 9.17) is 0 Å². The van der Waals surface area contributed by atoms with Crippen LogP contribution < -0.4 is 5.32 Å². The van der Waals surface area contributed by atoms with Crippen molar-refractivity contribution in [2.45, 2.75) is 46.3 Å². The summed E-state index contributed by atoms with van der Waals surface area (Å²) in [5.41, 5.74) is 2.71. The predicted molar refractivity (Wildman–Crippen MR) is 79.0 cm³/mol. The second kappa shape index (κ2) is 6.53. The van der Waals surface area contributed by atoms with Gasteiger partial charge < -0.3 is 9.88 Å². The van der Waals surface area contributed by atoms with E-state index in [2.05, 4.69) is 59.9 Å². The van der Waals surface area contributed by atoms with Crippen LogP contribution >= 0.6 is 0 Å². The molecule has 0 amide bonds. The van der Waals surface area contributed by atoms with Crippen molar-refractivity contribution in [2.24, 2.45) is 0 Å². The molecule has 1 N–H and O–H groups in total. The summed E-state index contributed by atoms with van der Waals surface area (Å²) < 4.78 is 2.16. The smallest absolute Gasteiger partial charge is 0.122 e. The van der Waals surface area contributed by atoms with Crippen molar-refractivity contribution in [3.8, 4) is 0 Å². The first kappa shape index (κ1) is 13.8. The lowest BCUT2D eigenvalue weighted by atomic mass is 10.0. The van der Waals surface area contributed by atoms with E-state index in [0.29, 0.717) is 5.92 Å². The molecule has 19 heavy (non-hydrogen) atoms. The molecule has 0 aliphatic carbocycles. The van der Waals surface area contributed by atoms with Gasteiger partial charge in [-0.1, -0.05) is 38.1 Å². The molecule has 1 aromatic heterocycles. The first-order chi connectivity index (χ1) is 9.20. The molecule has 0 spiro atoms. The highest BCUT2D eigenvalue weighted by Crippen LogP contribution is 2.14. The predicted octanol–water partition coefficient (Wildman–Crippen LogP) is 3.32. The lowest BCUT2D eigenvalue weighted by Gasteiger charge is -2.09. The van der Waals surface area contributed by atoms with Crippen LogP contribution in [0, 0.1) is 0 Å². The summed E-state index contributed by atoms with van der Waals surface area (Å²) in [6, 6.07) is 8.84. The quantitative estimate of drug-likeness (QED) is 0.860. The van der Waals surface area contributed by atoms with E-state index in [1.807, 2.05) is 12.4 Å². The lowest BCUT2D eigenvalue weighted by molar-refractivity contribution is 0.613.